The van der Waals surface area contributed by atoms with Crippen LogP contribution in [0.1, 0.15) is 30.0 Å². The Morgan fingerprint density at radius 2 is 2.00 bits per heavy atom. The van der Waals surface area contributed by atoms with Crippen LogP contribution >= 0.6 is 0 Å². The van der Waals surface area contributed by atoms with E-state index in [4.69, 9.17) is 4.74 Å². The Hall–Kier alpha value is -3.09. The second-order valence-corrected chi connectivity index (χ2v) is 7.92. The Morgan fingerprint density at radius 1 is 1.26 bits per heavy atom. The third kappa shape index (κ3) is 5.34. The number of rotatable bonds is 7. The first-order valence-corrected chi connectivity index (χ1v) is 10.6. The van der Waals surface area contributed by atoms with Crippen LogP contribution in [0.4, 0.5) is 5.69 Å². The quantitative estimate of drug-likeness (QED) is 0.551. The number of amides is 1. The van der Waals surface area contributed by atoms with Gasteiger partial charge < -0.3 is 10.1 Å². The van der Waals surface area contributed by atoms with Gasteiger partial charge in [0.15, 0.2) is 0 Å². The number of anilines is 1. The highest BCUT2D eigenvalue weighted by atomic mass is 16.5. The van der Waals surface area contributed by atoms with Crippen molar-refractivity contribution in [2.24, 2.45) is 4.99 Å². The number of ether oxygens (including phenoxy) is 1. The van der Waals surface area contributed by atoms with Gasteiger partial charge in [0, 0.05) is 69.0 Å². The van der Waals surface area contributed by atoms with Crippen molar-refractivity contribution in [3.63, 3.8) is 0 Å². The minimum Gasteiger partial charge on any atom is -0.372 e. The van der Waals surface area contributed by atoms with Gasteiger partial charge in [-0.25, -0.2) is 0 Å². The van der Waals surface area contributed by atoms with Crippen molar-refractivity contribution in [1.29, 1.82) is 0 Å². The zero-order chi connectivity index (χ0) is 21.6. The van der Waals surface area contributed by atoms with Gasteiger partial charge >= 0.3 is 0 Å². The van der Waals surface area contributed by atoms with Crippen molar-refractivity contribution >= 4 is 29.5 Å². The fourth-order valence-corrected chi connectivity index (χ4v) is 4.11. The van der Waals surface area contributed by atoms with Crippen LogP contribution in [0.25, 0.3) is 11.6 Å². The van der Waals surface area contributed by atoms with Crippen LogP contribution in [0, 0.1) is 0 Å². The summed E-state index contributed by atoms with van der Waals surface area (Å²) >= 11 is 0. The van der Waals surface area contributed by atoms with E-state index in [9.17, 15) is 4.79 Å². The fraction of sp³-hybridized carbons (Fsp3) is 0.320. The van der Waals surface area contributed by atoms with Crippen molar-refractivity contribution in [1.82, 2.24) is 9.88 Å². The van der Waals surface area contributed by atoms with E-state index in [2.05, 4.69) is 32.3 Å². The number of aromatic nitrogens is 1. The first-order valence-electron chi connectivity index (χ1n) is 10.6. The SMILES string of the molecule is C/C=C(\C=NC)c1ccncc1/C=C/C(=O)Nc1ccc(CN2CC3CC(C2)O3)cc1. The first-order chi connectivity index (χ1) is 15.1. The molecule has 2 atom stereocenters. The van der Waals surface area contributed by atoms with E-state index in [0.717, 1.165) is 42.0 Å². The maximum atomic E-state index is 12.4. The number of nitrogens with zero attached hydrogens (tertiary/aromatic N) is 3. The Balaban J connectivity index is 1.35. The summed E-state index contributed by atoms with van der Waals surface area (Å²) in [5.41, 5.74) is 4.85. The Labute approximate surface area is 183 Å². The van der Waals surface area contributed by atoms with Crippen molar-refractivity contribution in [2.75, 3.05) is 25.5 Å². The number of fused-ring (bicyclic) bond motifs is 2. The maximum Gasteiger partial charge on any atom is 0.248 e. The number of pyridine rings is 1. The van der Waals surface area contributed by atoms with Gasteiger partial charge in [-0.15, -0.1) is 0 Å². The molecule has 4 heterocycles. The van der Waals surface area contributed by atoms with Crippen LogP contribution in [0.3, 0.4) is 0 Å². The molecule has 5 rings (SSSR count). The molecule has 3 aliphatic rings. The molecule has 1 aromatic heterocycles. The number of allylic oxidation sites excluding steroid dienone is 2. The molecule has 3 fully saturated rings. The van der Waals surface area contributed by atoms with Crippen LogP contribution in [-0.2, 0) is 16.1 Å². The van der Waals surface area contributed by atoms with Crippen LogP contribution in [0.2, 0.25) is 0 Å². The maximum absolute atomic E-state index is 12.4. The largest absolute Gasteiger partial charge is 0.372 e. The predicted molar refractivity (Wildman–Crippen MR) is 125 cm³/mol. The monoisotopic (exact) mass is 416 g/mol. The third-order valence-corrected chi connectivity index (χ3v) is 5.62. The molecule has 1 aromatic carbocycles. The minimum atomic E-state index is -0.179. The molecule has 31 heavy (non-hydrogen) atoms. The van der Waals surface area contributed by atoms with E-state index < -0.39 is 0 Å². The molecule has 1 amide bonds. The summed E-state index contributed by atoms with van der Waals surface area (Å²) in [6, 6.07) is 9.97. The van der Waals surface area contributed by atoms with Crippen molar-refractivity contribution in [3.05, 3.63) is 71.6 Å². The van der Waals surface area contributed by atoms with Gasteiger partial charge in [0.05, 0.1) is 12.2 Å². The van der Waals surface area contributed by atoms with Crippen LogP contribution in [0.15, 0.2) is 59.9 Å². The molecule has 0 saturated carbocycles. The van der Waals surface area contributed by atoms with E-state index in [0.29, 0.717) is 12.2 Å². The molecule has 2 unspecified atom stereocenters. The smallest absolute Gasteiger partial charge is 0.248 e. The van der Waals surface area contributed by atoms with Gasteiger partial charge in [0.1, 0.15) is 0 Å². The highest BCUT2D eigenvalue weighted by Gasteiger charge is 2.37. The summed E-state index contributed by atoms with van der Waals surface area (Å²) in [7, 11) is 1.74. The number of hydrogen-bond donors (Lipinski definition) is 1. The highest BCUT2D eigenvalue weighted by Crippen LogP contribution is 2.28. The highest BCUT2D eigenvalue weighted by molar-refractivity contribution is 6.11. The zero-order valence-corrected chi connectivity index (χ0v) is 18.0. The second-order valence-electron chi connectivity index (χ2n) is 7.92. The van der Waals surface area contributed by atoms with E-state index in [1.54, 1.807) is 31.7 Å². The lowest BCUT2D eigenvalue weighted by Gasteiger charge is -2.47. The predicted octanol–water partition coefficient (Wildman–Crippen LogP) is 3.81. The van der Waals surface area contributed by atoms with Crippen LogP contribution < -0.4 is 5.32 Å². The normalized spacial score (nSPS) is 21.4. The zero-order valence-electron chi connectivity index (χ0n) is 18.0. The summed E-state index contributed by atoms with van der Waals surface area (Å²) in [6.45, 7) is 4.90. The molecule has 0 aliphatic carbocycles. The number of morpholine rings is 1. The number of nitrogens with one attached hydrogen (secondary N) is 1. The van der Waals surface area contributed by atoms with E-state index in [1.807, 2.05) is 31.2 Å². The Kier molecular flexibility index (Phi) is 6.70. The molecule has 2 aromatic rings. The molecular weight excluding hydrogens is 388 g/mol. The number of carbonyl (C=O) groups excluding carboxylic acids is 1. The van der Waals surface area contributed by atoms with E-state index in [-0.39, 0.29) is 5.91 Å². The van der Waals surface area contributed by atoms with Gasteiger partial charge in [0.2, 0.25) is 5.91 Å². The lowest BCUT2D eigenvalue weighted by atomic mass is 9.98. The second kappa shape index (κ2) is 9.81. The molecule has 6 heteroatoms. The lowest BCUT2D eigenvalue weighted by Crippen LogP contribution is -2.56. The third-order valence-electron chi connectivity index (χ3n) is 5.62. The topological polar surface area (TPSA) is 66.8 Å². The summed E-state index contributed by atoms with van der Waals surface area (Å²) in [5, 5.41) is 2.92. The molecule has 6 nitrogen and oxygen atoms in total. The molecule has 0 spiro atoms. The van der Waals surface area contributed by atoms with Crippen LogP contribution in [0.5, 0.6) is 0 Å². The van der Waals surface area contributed by atoms with E-state index >= 15 is 0 Å². The fourth-order valence-electron chi connectivity index (χ4n) is 4.11. The Morgan fingerprint density at radius 3 is 2.68 bits per heavy atom. The lowest BCUT2D eigenvalue weighted by molar-refractivity contribution is -0.182. The van der Waals surface area contributed by atoms with Crippen LogP contribution in [-0.4, -0.2) is 54.4 Å². The van der Waals surface area contributed by atoms with E-state index in [1.165, 1.54) is 18.1 Å². The molecule has 1 N–H and O–H groups in total. The number of piperidine rings is 1. The number of hydrogen-bond acceptors (Lipinski definition) is 5. The Bertz CT molecular complexity index is 994. The number of benzene rings is 1. The minimum absolute atomic E-state index is 0.179. The van der Waals surface area contributed by atoms with Gasteiger partial charge in [0.25, 0.3) is 0 Å². The molecule has 2 bridgehead atoms. The number of aliphatic imine (C=N–C) groups is 1. The number of carbonyl (C=O) groups is 1. The first kappa shape index (κ1) is 21.2. The van der Waals surface area contributed by atoms with Crippen molar-refractivity contribution < 1.29 is 9.53 Å². The summed E-state index contributed by atoms with van der Waals surface area (Å²) in [6.07, 6.45) is 12.6. The summed E-state index contributed by atoms with van der Waals surface area (Å²) < 4.78 is 5.69. The molecular formula is C25H28N4O2. The van der Waals surface area contributed by atoms with Crippen molar-refractivity contribution in [3.8, 4) is 0 Å². The standard InChI is InChI=1S/C25H28N4O2/c1-3-19(13-26-2)24-10-11-27-14-20(24)6-9-25(30)28-21-7-4-18(5-8-21)15-29-16-22-12-23(17-29)31-22/h3-11,13-14,22-23H,12,15-17H2,1-2H3,(H,28,30)/b9-6+,19-3+,26-13?. The molecule has 160 valence electrons. The average Bonchev–Trinajstić information content (AvgIpc) is 2.77. The molecule has 3 saturated heterocycles. The summed E-state index contributed by atoms with van der Waals surface area (Å²) in [4.78, 5) is 23.1. The van der Waals surface area contributed by atoms with Gasteiger partial charge in [-0.3, -0.25) is 19.7 Å². The van der Waals surface area contributed by atoms with Gasteiger partial charge in [-0.05, 0) is 47.9 Å². The summed E-state index contributed by atoms with van der Waals surface area (Å²) in [5.74, 6) is -0.179. The van der Waals surface area contributed by atoms with Gasteiger partial charge in [-0.2, -0.15) is 0 Å². The van der Waals surface area contributed by atoms with Gasteiger partial charge in [-0.1, -0.05) is 18.2 Å². The van der Waals surface area contributed by atoms with Crippen molar-refractivity contribution in [2.45, 2.75) is 32.1 Å². The molecule has 0 radical (unpaired) electrons. The average molecular weight is 417 g/mol. The molecule has 3 aliphatic heterocycles.